The number of sulfonamides is 1. The lowest BCUT2D eigenvalue weighted by molar-refractivity contribution is -0.150. The molecule has 0 aliphatic heterocycles. The van der Waals surface area contributed by atoms with Crippen LogP contribution in [0, 0.1) is 0 Å². The Hall–Kier alpha value is -2.71. The van der Waals surface area contributed by atoms with Crippen LogP contribution in [0.5, 0.6) is 0 Å². The van der Waals surface area contributed by atoms with E-state index in [0.717, 1.165) is 14.8 Å². The summed E-state index contributed by atoms with van der Waals surface area (Å²) in [4.78, 5) is 25.4. The largest absolute Gasteiger partial charge is 0.480 e. The van der Waals surface area contributed by atoms with Gasteiger partial charge in [-0.3, -0.25) is 4.79 Å². The monoisotopic (exact) mass is 390 g/mol. The zero-order chi connectivity index (χ0) is 20.0. The molecule has 27 heavy (non-hydrogen) atoms. The average molecular weight is 390 g/mol. The molecule has 0 aliphatic rings. The smallest absolute Gasteiger partial charge is 0.326 e. The van der Waals surface area contributed by atoms with Crippen LogP contribution >= 0.6 is 0 Å². The Morgan fingerprint density at radius 3 is 2.04 bits per heavy atom. The number of benzene rings is 2. The van der Waals surface area contributed by atoms with E-state index < -0.39 is 34.5 Å². The lowest BCUT2D eigenvalue weighted by Gasteiger charge is -2.28. The molecule has 7 nitrogen and oxygen atoms in total. The Bertz CT molecular complexity index is 885. The molecule has 0 fully saturated rings. The maximum Gasteiger partial charge on any atom is 0.326 e. The van der Waals surface area contributed by atoms with Crippen molar-refractivity contribution >= 4 is 21.9 Å². The number of rotatable bonds is 8. The molecular weight excluding hydrogens is 368 g/mol. The van der Waals surface area contributed by atoms with Gasteiger partial charge in [-0.25, -0.2) is 13.2 Å². The van der Waals surface area contributed by atoms with Crippen molar-refractivity contribution < 1.29 is 23.1 Å². The molecule has 1 atom stereocenters. The van der Waals surface area contributed by atoms with Crippen molar-refractivity contribution in [3.05, 3.63) is 66.2 Å². The van der Waals surface area contributed by atoms with Crippen molar-refractivity contribution in [2.75, 3.05) is 13.6 Å². The van der Waals surface area contributed by atoms with E-state index in [9.17, 15) is 23.1 Å². The fourth-order valence-corrected chi connectivity index (χ4v) is 3.63. The predicted octanol–water partition coefficient (Wildman–Crippen LogP) is 1.81. The van der Waals surface area contributed by atoms with Crippen molar-refractivity contribution in [2.24, 2.45) is 0 Å². The summed E-state index contributed by atoms with van der Waals surface area (Å²) in [6.07, 6.45) is 0. The van der Waals surface area contributed by atoms with Gasteiger partial charge in [-0.2, -0.15) is 4.31 Å². The zero-order valence-electron chi connectivity index (χ0n) is 15.1. The van der Waals surface area contributed by atoms with Gasteiger partial charge in [0.25, 0.3) is 0 Å². The second-order valence-electron chi connectivity index (χ2n) is 6.10. The van der Waals surface area contributed by atoms with Crippen molar-refractivity contribution in [3.8, 4) is 0 Å². The van der Waals surface area contributed by atoms with E-state index >= 15 is 0 Å². The third-order valence-electron chi connectivity index (χ3n) is 4.15. The topological polar surface area (TPSA) is 95.0 Å². The first-order valence-electron chi connectivity index (χ1n) is 8.31. The number of likely N-dealkylation sites (N-methyl/N-ethyl adjacent to an activating group) is 1. The van der Waals surface area contributed by atoms with E-state index in [0.29, 0.717) is 0 Å². The maximum atomic E-state index is 12.7. The van der Waals surface area contributed by atoms with Crippen LogP contribution in [0.15, 0.2) is 65.6 Å². The van der Waals surface area contributed by atoms with Crippen LogP contribution in [0.3, 0.4) is 0 Å². The van der Waals surface area contributed by atoms with Crippen LogP contribution in [0.4, 0.5) is 0 Å². The van der Waals surface area contributed by atoms with Crippen molar-refractivity contribution in [2.45, 2.75) is 24.4 Å². The normalized spacial score (nSPS) is 12.6. The van der Waals surface area contributed by atoms with E-state index in [-0.39, 0.29) is 11.4 Å². The minimum absolute atomic E-state index is 0.0705. The summed E-state index contributed by atoms with van der Waals surface area (Å²) in [6.45, 7) is 1.02. The van der Waals surface area contributed by atoms with Gasteiger partial charge < -0.3 is 10.0 Å². The fraction of sp³-hybridized carbons (Fsp3) is 0.263. The lowest BCUT2D eigenvalue weighted by Crippen LogP contribution is -2.47. The van der Waals surface area contributed by atoms with Gasteiger partial charge in [0.05, 0.1) is 11.4 Å². The highest BCUT2D eigenvalue weighted by atomic mass is 32.2. The molecule has 0 saturated heterocycles. The Morgan fingerprint density at radius 1 is 1.00 bits per heavy atom. The van der Waals surface area contributed by atoms with Gasteiger partial charge >= 0.3 is 5.97 Å². The summed E-state index contributed by atoms with van der Waals surface area (Å²) in [5.41, 5.74) is 0.757. The number of carboxylic acid groups (broad SMARTS) is 1. The summed E-state index contributed by atoms with van der Waals surface area (Å²) in [5, 5.41) is 9.33. The van der Waals surface area contributed by atoms with Crippen molar-refractivity contribution in [1.29, 1.82) is 0 Å². The van der Waals surface area contributed by atoms with Crippen LogP contribution in [0.25, 0.3) is 0 Å². The van der Waals surface area contributed by atoms with Crippen LogP contribution in [0.1, 0.15) is 12.5 Å². The number of carbonyl (C=O) groups is 2. The molecule has 0 saturated carbocycles. The third kappa shape index (κ3) is 5.15. The van der Waals surface area contributed by atoms with Crippen LogP contribution in [0.2, 0.25) is 0 Å². The van der Waals surface area contributed by atoms with Gasteiger partial charge in [0, 0.05) is 13.6 Å². The zero-order valence-corrected chi connectivity index (χ0v) is 16.0. The van der Waals surface area contributed by atoms with E-state index in [1.165, 1.54) is 26.1 Å². The van der Waals surface area contributed by atoms with Gasteiger partial charge in [0.1, 0.15) is 6.04 Å². The minimum Gasteiger partial charge on any atom is -0.480 e. The molecule has 0 radical (unpaired) electrons. The number of nitrogens with zero attached hydrogens (tertiary/aromatic N) is 2. The van der Waals surface area contributed by atoms with Crippen LogP contribution in [-0.4, -0.2) is 54.2 Å². The molecule has 0 spiro atoms. The lowest BCUT2D eigenvalue weighted by atomic mass is 10.2. The molecular formula is C19H22N2O5S. The van der Waals surface area contributed by atoms with Crippen molar-refractivity contribution in [1.82, 2.24) is 9.21 Å². The van der Waals surface area contributed by atoms with Gasteiger partial charge in [-0.15, -0.1) is 0 Å². The quantitative estimate of drug-likeness (QED) is 0.742. The Morgan fingerprint density at radius 2 is 1.52 bits per heavy atom. The maximum absolute atomic E-state index is 12.7. The second-order valence-corrected chi connectivity index (χ2v) is 8.14. The summed E-state index contributed by atoms with van der Waals surface area (Å²) in [7, 11) is -2.55. The third-order valence-corrected chi connectivity index (χ3v) is 5.97. The highest BCUT2D eigenvalue weighted by molar-refractivity contribution is 7.89. The molecule has 0 bridgehead atoms. The van der Waals surface area contributed by atoms with Gasteiger partial charge in [0.15, 0.2) is 0 Å². The molecule has 2 aromatic carbocycles. The molecule has 144 valence electrons. The summed E-state index contributed by atoms with van der Waals surface area (Å²) in [5.74, 6) is -1.75. The molecule has 0 aromatic heterocycles. The summed E-state index contributed by atoms with van der Waals surface area (Å²) >= 11 is 0. The van der Waals surface area contributed by atoms with Gasteiger partial charge in [-0.1, -0.05) is 48.5 Å². The Labute approximate surface area is 158 Å². The standard InChI is InChI=1S/C19H22N2O5S/c1-15(19(23)24)21(13-16-9-5-3-6-10-16)18(22)14-20(2)27(25,26)17-11-7-4-8-12-17/h3-12,15H,13-14H2,1-2H3,(H,23,24). The molecule has 1 amide bonds. The van der Waals surface area contributed by atoms with E-state index in [2.05, 4.69) is 0 Å². The van der Waals surface area contributed by atoms with E-state index in [1.807, 2.05) is 6.07 Å². The molecule has 2 rings (SSSR count). The number of amides is 1. The Balaban J connectivity index is 2.21. The molecule has 2 aromatic rings. The molecule has 1 N–H and O–H groups in total. The number of hydrogen-bond donors (Lipinski definition) is 1. The fourth-order valence-electron chi connectivity index (χ4n) is 2.49. The van der Waals surface area contributed by atoms with Gasteiger partial charge in [0.2, 0.25) is 15.9 Å². The molecule has 1 unspecified atom stereocenters. The van der Waals surface area contributed by atoms with Gasteiger partial charge in [-0.05, 0) is 24.6 Å². The summed E-state index contributed by atoms with van der Waals surface area (Å²) < 4.78 is 26.1. The predicted molar refractivity (Wildman–Crippen MR) is 100 cm³/mol. The number of carbonyl (C=O) groups excluding carboxylic acids is 1. The molecule has 0 aliphatic carbocycles. The SMILES string of the molecule is CC(C(=O)O)N(Cc1ccccc1)C(=O)CN(C)S(=O)(=O)c1ccccc1. The Kier molecular flexibility index (Phi) is 6.70. The number of carboxylic acids is 1. The number of aliphatic carboxylic acids is 1. The van der Waals surface area contributed by atoms with Crippen LogP contribution < -0.4 is 0 Å². The minimum atomic E-state index is -3.85. The number of hydrogen-bond acceptors (Lipinski definition) is 4. The van der Waals surface area contributed by atoms with Crippen molar-refractivity contribution in [3.63, 3.8) is 0 Å². The highest BCUT2D eigenvalue weighted by Crippen LogP contribution is 2.15. The first-order valence-corrected chi connectivity index (χ1v) is 9.75. The van der Waals surface area contributed by atoms with E-state index in [1.54, 1.807) is 42.5 Å². The summed E-state index contributed by atoms with van der Waals surface area (Å²) in [6, 6.07) is 15.6. The molecule has 0 heterocycles. The second kappa shape index (κ2) is 8.79. The highest BCUT2D eigenvalue weighted by Gasteiger charge is 2.29. The molecule has 8 heteroatoms. The first-order chi connectivity index (χ1) is 12.7. The van der Waals surface area contributed by atoms with E-state index in [4.69, 9.17) is 0 Å². The van der Waals surface area contributed by atoms with Crippen LogP contribution in [-0.2, 0) is 26.2 Å². The first kappa shape index (κ1) is 20.6. The average Bonchev–Trinajstić information content (AvgIpc) is 2.66.